The van der Waals surface area contributed by atoms with Crippen LogP contribution >= 0.6 is 0 Å². The van der Waals surface area contributed by atoms with Crippen LogP contribution in [0.1, 0.15) is 26.7 Å². The number of benzene rings is 1. The van der Waals surface area contributed by atoms with Crippen molar-refractivity contribution in [2.24, 2.45) is 0 Å². The lowest BCUT2D eigenvalue weighted by atomic mass is 9.97. The molecule has 1 aromatic carbocycles. The van der Waals surface area contributed by atoms with Crippen molar-refractivity contribution in [3.05, 3.63) is 29.6 Å². The summed E-state index contributed by atoms with van der Waals surface area (Å²) in [5.41, 5.74) is -1.28. The van der Waals surface area contributed by atoms with E-state index in [1.54, 1.807) is 13.8 Å². The maximum atomic E-state index is 13.3. The lowest BCUT2D eigenvalue weighted by Crippen LogP contribution is -2.35. The number of aliphatic hydroxyl groups is 1. The lowest BCUT2D eigenvalue weighted by molar-refractivity contribution is 0.0456. The molecule has 2 nitrogen and oxygen atoms in total. The van der Waals surface area contributed by atoms with Crippen molar-refractivity contribution < 1.29 is 18.3 Å². The van der Waals surface area contributed by atoms with Crippen molar-refractivity contribution in [2.75, 3.05) is 11.9 Å². The van der Waals surface area contributed by atoms with Gasteiger partial charge in [0.15, 0.2) is 11.6 Å². The summed E-state index contributed by atoms with van der Waals surface area (Å²) >= 11 is 0. The van der Waals surface area contributed by atoms with Crippen molar-refractivity contribution in [1.82, 2.24) is 0 Å². The fourth-order valence-corrected chi connectivity index (χ4v) is 1.44. The molecule has 0 unspecified atom stereocenters. The molecule has 0 atom stereocenters. The first-order chi connectivity index (χ1) is 7.91. The van der Waals surface area contributed by atoms with Gasteiger partial charge in [-0.05, 0) is 12.8 Å². The van der Waals surface area contributed by atoms with E-state index >= 15 is 0 Å². The summed E-state index contributed by atoms with van der Waals surface area (Å²) in [6, 6.07) is 1.34. The number of anilines is 1. The van der Waals surface area contributed by atoms with E-state index < -0.39 is 23.1 Å². The summed E-state index contributed by atoms with van der Waals surface area (Å²) in [6.45, 7) is 3.61. The van der Waals surface area contributed by atoms with Gasteiger partial charge in [-0.25, -0.2) is 13.2 Å². The Kier molecular flexibility index (Phi) is 4.40. The zero-order valence-corrected chi connectivity index (χ0v) is 9.86. The maximum Gasteiger partial charge on any atom is 0.182 e. The molecule has 1 rings (SSSR count). The number of rotatable bonds is 5. The van der Waals surface area contributed by atoms with Gasteiger partial charge in [0.25, 0.3) is 0 Å². The quantitative estimate of drug-likeness (QED) is 0.784. The van der Waals surface area contributed by atoms with Gasteiger partial charge in [-0.2, -0.15) is 0 Å². The molecule has 0 saturated carbocycles. The second kappa shape index (κ2) is 5.40. The Morgan fingerprint density at radius 3 is 2.29 bits per heavy atom. The number of halogens is 3. The normalized spacial score (nSPS) is 11.6. The first kappa shape index (κ1) is 13.8. The van der Waals surface area contributed by atoms with Gasteiger partial charge in [0, 0.05) is 18.7 Å². The molecule has 0 amide bonds. The number of nitrogens with one attached hydrogen (secondary N) is 1. The standard InChI is InChI=1S/C12H16F3NO/c1-3-12(17,4-2)7-16-10-6-8(13)5-9(14)11(10)15/h5-6,16-17H,3-4,7H2,1-2H3. The van der Waals surface area contributed by atoms with Crippen molar-refractivity contribution in [1.29, 1.82) is 0 Å². The molecule has 17 heavy (non-hydrogen) atoms. The molecule has 0 aliphatic rings. The maximum absolute atomic E-state index is 13.3. The molecule has 0 heterocycles. The Hall–Kier alpha value is -1.23. The average Bonchev–Trinajstić information content (AvgIpc) is 2.31. The Bertz CT molecular complexity index is 392. The smallest absolute Gasteiger partial charge is 0.182 e. The van der Waals surface area contributed by atoms with Crippen molar-refractivity contribution in [3.8, 4) is 0 Å². The molecule has 0 saturated heterocycles. The molecular weight excluding hydrogens is 231 g/mol. The molecule has 5 heteroatoms. The molecule has 0 bridgehead atoms. The van der Waals surface area contributed by atoms with Gasteiger partial charge in [0.2, 0.25) is 0 Å². The topological polar surface area (TPSA) is 32.3 Å². The van der Waals surface area contributed by atoms with Crippen molar-refractivity contribution in [3.63, 3.8) is 0 Å². The lowest BCUT2D eigenvalue weighted by Gasteiger charge is -2.26. The fourth-order valence-electron chi connectivity index (χ4n) is 1.44. The van der Waals surface area contributed by atoms with Crippen LogP contribution in [0, 0.1) is 17.5 Å². The third-order valence-electron chi connectivity index (χ3n) is 2.92. The second-order valence-electron chi connectivity index (χ2n) is 4.03. The minimum Gasteiger partial charge on any atom is -0.388 e. The van der Waals surface area contributed by atoms with E-state index in [0.717, 1.165) is 6.07 Å². The first-order valence-corrected chi connectivity index (χ1v) is 5.52. The van der Waals surface area contributed by atoms with Crippen LogP contribution in [0.15, 0.2) is 12.1 Å². The molecule has 0 aromatic heterocycles. The number of hydrogen-bond donors (Lipinski definition) is 2. The van der Waals surface area contributed by atoms with Gasteiger partial charge in [-0.1, -0.05) is 13.8 Å². The van der Waals surface area contributed by atoms with Crippen molar-refractivity contribution >= 4 is 5.69 Å². The highest BCUT2D eigenvalue weighted by Crippen LogP contribution is 2.21. The third-order valence-corrected chi connectivity index (χ3v) is 2.92. The molecule has 2 N–H and O–H groups in total. The van der Waals surface area contributed by atoms with Crippen LogP contribution in [0.3, 0.4) is 0 Å². The molecule has 96 valence electrons. The second-order valence-corrected chi connectivity index (χ2v) is 4.03. The van der Waals surface area contributed by atoms with E-state index in [2.05, 4.69) is 5.32 Å². The van der Waals surface area contributed by atoms with Crippen LogP contribution < -0.4 is 5.32 Å². The van der Waals surface area contributed by atoms with E-state index in [1.165, 1.54) is 0 Å². The largest absolute Gasteiger partial charge is 0.388 e. The zero-order valence-electron chi connectivity index (χ0n) is 9.86. The van der Waals surface area contributed by atoms with E-state index in [0.29, 0.717) is 18.9 Å². The summed E-state index contributed by atoms with van der Waals surface area (Å²) in [5, 5.41) is 12.5. The van der Waals surface area contributed by atoms with E-state index in [9.17, 15) is 18.3 Å². The van der Waals surface area contributed by atoms with Gasteiger partial charge in [0.1, 0.15) is 5.82 Å². The minimum absolute atomic E-state index is 0.0415. The van der Waals surface area contributed by atoms with Crippen molar-refractivity contribution in [2.45, 2.75) is 32.3 Å². The van der Waals surface area contributed by atoms with Gasteiger partial charge in [0.05, 0.1) is 11.3 Å². The van der Waals surface area contributed by atoms with Gasteiger partial charge in [-0.15, -0.1) is 0 Å². The highest BCUT2D eigenvalue weighted by Gasteiger charge is 2.22. The predicted molar refractivity (Wildman–Crippen MR) is 60.3 cm³/mol. The predicted octanol–water partition coefficient (Wildman–Crippen LogP) is 3.07. The Labute approximate surface area is 98.5 Å². The Morgan fingerprint density at radius 1 is 1.18 bits per heavy atom. The van der Waals surface area contributed by atoms with Gasteiger partial charge in [-0.3, -0.25) is 0 Å². The molecule has 1 aromatic rings. The van der Waals surface area contributed by atoms with Crippen LogP contribution in [-0.2, 0) is 0 Å². The van der Waals surface area contributed by atoms with Gasteiger partial charge < -0.3 is 10.4 Å². The van der Waals surface area contributed by atoms with Crippen LogP contribution in [0.25, 0.3) is 0 Å². The molecule has 0 aliphatic heterocycles. The molecule has 0 spiro atoms. The van der Waals surface area contributed by atoms with E-state index in [4.69, 9.17) is 0 Å². The monoisotopic (exact) mass is 247 g/mol. The molecular formula is C12H16F3NO. The molecule has 0 fully saturated rings. The highest BCUT2D eigenvalue weighted by molar-refractivity contribution is 5.45. The highest BCUT2D eigenvalue weighted by atomic mass is 19.2. The fraction of sp³-hybridized carbons (Fsp3) is 0.500. The van der Waals surface area contributed by atoms with Crippen LogP contribution in [-0.4, -0.2) is 17.3 Å². The van der Waals surface area contributed by atoms with Crippen LogP contribution in [0.2, 0.25) is 0 Å². The van der Waals surface area contributed by atoms with Crippen LogP contribution in [0.4, 0.5) is 18.9 Å². The summed E-state index contributed by atoms with van der Waals surface area (Å²) < 4.78 is 39.1. The third kappa shape index (κ3) is 3.36. The Morgan fingerprint density at radius 2 is 1.76 bits per heavy atom. The summed E-state index contributed by atoms with van der Waals surface area (Å²) in [5.74, 6) is -3.24. The molecule has 0 aliphatic carbocycles. The van der Waals surface area contributed by atoms with E-state index in [1.807, 2.05) is 0 Å². The molecule has 0 radical (unpaired) electrons. The van der Waals surface area contributed by atoms with Gasteiger partial charge >= 0.3 is 0 Å². The summed E-state index contributed by atoms with van der Waals surface area (Å²) in [4.78, 5) is 0. The minimum atomic E-state index is -1.25. The average molecular weight is 247 g/mol. The first-order valence-electron chi connectivity index (χ1n) is 5.52. The van der Waals surface area contributed by atoms with E-state index in [-0.39, 0.29) is 12.2 Å². The summed E-state index contributed by atoms with van der Waals surface area (Å²) in [7, 11) is 0. The van der Waals surface area contributed by atoms with Crippen LogP contribution in [0.5, 0.6) is 0 Å². The number of hydrogen-bond acceptors (Lipinski definition) is 2. The SMILES string of the molecule is CCC(O)(CC)CNc1cc(F)cc(F)c1F. The zero-order chi connectivity index (χ0) is 13.1. The Balaban J connectivity index is 2.82. The summed E-state index contributed by atoms with van der Waals surface area (Å²) in [6.07, 6.45) is 0.936.